The van der Waals surface area contributed by atoms with Crippen molar-refractivity contribution in [2.75, 3.05) is 0 Å². The van der Waals surface area contributed by atoms with Crippen LogP contribution in [-0.2, 0) is 0 Å². The Morgan fingerprint density at radius 2 is 1.38 bits per heavy atom. The van der Waals surface area contributed by atoms with E-state index in [9.17, 15) is 0 Å². The summed E-state index contributed by atoms with van der Waals surface area (Å²) in [7, 11) is -2.81. The summed E-state index contributed by atoms with van der Waals surface area (Å²) >= 11 is 0. The Morgan fingerprint density at radius 3 is 1.46 bits per heavy atom. The van der Waals surface area contributed by atoms with Gasteiger partial charge >= 0.3 is 0 Å². The number of rotatable bonds is 3. The van der Waals surface area contributed by atoms with Gasteiger partial charge in [0, 0.05) is 0 Å². The molecule has 0 rings (SSSR count). The summed E-state index contributed by atoms with van der Waals surface area (Å²) in [6, 6.07) is 0. The SMILES string of the molecule is C=CC(=N)N([Si](C)(C)C)[Si](C)(C)C. The first-order valence-corrected chi connectivity index (χ1v) is 11.5. The number of nitrogens with zero attached hydrogens (tertiary/aromatic N) is 1. The van der Waals surface area contributed by atoms with Gasteiger partial charge in [0.25, 0.3) is 0 Å². The van der Waals surface area contributed by atoms with Crippen LogP contribution < -0.4 is 0 Å². The van der Waals surface area contributed by atoms with Crippen molar-refractivity contribution in [3.05, 3.63) is 12.7 Å². The minimum absolute atomic E-state index is 0.610. The Balaban J connectivity index is 5.00. The van der Waals surface area contributed by atoms with Gasteiger partial charge in [0.05, 0.1) is 0 Å². The van der Waals surface area contributed by atoms with Crippen LogP contribution in [0.25, 0.3) is 0 Å². The fourth-order valence-electron chi connectivity index (χ4n) is 1.82. The third-order valence-electron chi connectivity index (χ3n) is 1.78. The standard InChI is InChI=1S/C9H22N2Si2/c1-8-9(10)11(12(2,3)4)13(5,6)7/h8,10H,1H2,2-7H3. The highest BCUT2D eigenvalue weighted by Crippen LogP contribution is 2.20. The van der Waals surface area contributed by atoms with Gasteiger partial charge in [0.1, 0.15) is 22.3 Å². The largest absolute Gasteiger partial charge is 0.410 e. The molecular weight excluding hydrogens is 192 g/mol. The van der Waals surface area contributed by atoms with E-state index in [-0.39, 0.29) is 0 Å². The summed E-state index contributed by atoms with van der Waals surface area (Å²) in [4.78, 5) is 0. The molecule has 0 heterocycles. The van der Waals surface area contributed by atoms with E-state index in [0.29, 0.717) is 5.84 Å². The van der Waals surface area contributed by atoms with Crippen LogP contribution in [0.3, 0.4) is 0 Å². The van der Waals surface area contributed by atoms with E-state index >= 15 is 0 Å². The first-order valence-electron chi connectivity index (χ1n) is 4.62. The fraction of sp³-hybridized carbons (Fsp3) is 0.667. The smallest absolute Gasteiger partial charge is 0.139 e. The topological polar surface area (TPSA) is 27.1 Å². The van der Waals surface area contributed by atoms with Crippen LogP contribution in [0.15, 0.2) is 12.7 Å². The number of nitrogens with one attached hydrogen (secondary N) is 1. The Morgan fingerprint density at radius 1 is 1.08 bits per heavy atom. The van der Waals surface area contributed by atoms with Crippen molar-refractivity contribution in [1.82, 2.24) is 4.23 Å². The molecule has 0 bridgehead atoms. The van der Waals surface area contributed by atoms with Crippen molar-refractivity contribution in [2.24, 2.45) is 0 Å². The van der Waals surface area contributed by atoms with Crippen LogP contribution in [-0.4, -0.2) is 26.5 Å². The number of amidine groups is 1. The van der Waals surface area contributed by atoms with Gasteiger partial charge in [-0.1, -0.05) is 45.9 Å². The summed E-state index contributed by atoms with van der Waals surface area (Å²) < 4.78 is 2.34. The van der Waals surface area contributed by atoms with E-state index in [1.54, 1.807) is 6.08 Å². The Labute approximate surface area is 84.3 Å². The van der Waals surface area contributed by atoms with E-state index in [1.165, 1.54) is 0 Å². The van der Waals surface area contributed by atoms with Gasteiger partial charge in [0.2, 0.25) is 0 Å². The molecule has 0 saturated carbocycles. The molecule has 0 fully saturated rings. The molecule has 0 radical (unpaired) electrons. The van der Waals surface area contributed by atoms with Crippen molar-refractivity contribution in [1.29, 1.82) is 5.41 Å². The molecular formula is C9H22N2Si2. The molecule has 76 valence electrons. The maximum absolute atomic E-state index is 7.88. The van der Waals surface area contributed by atoms with Crippen molar-refractivity contribution in [3.8, 4) is 0 Å². The quantitative estimate of drug-likeness (QED) is 0.436. The fourth-order valence-corrected chi connectivity index (χ4v) is 11.5. The molecule has 2 nitrogen and oxygen atoms in total. The molecule has 0 aromatic rings. The van der Waals surface area contributed by atoms with E-state index in [2.05, 4.69) is 50.1 Å². The normalized spacial score (nSPS) is 12.5. The van der Waals surface area contributed by atoms with E-state index in [0.717, 1.165) is 0 Å². The lowest BCUT2D eigenvalue weighted by atomic mass is 10.6. The van der Waals surface area contributed by atoms with Crippen molar-refractivity contribution in [2.45, 2.75) is 39.3 Å². The minimum atomic E-state index is -1.41. The van der Waals surface area contributed by atoms with Crippen LogP contribution in [0.5, 0.6) is 0 Å². The molecule has 0 spiro atoms. The Hall–Kier alpha value is -0.356. The lowest BCUT2D eigenvalue weighted by Gasteiger charge is -2.44. The number of hydrogen-bond acceptors (Lipinski definition) is 1. The zero-order chi connectivity index (χ0) is 10.9. The highest BCUT2D eigenvalue weighted by atomic mass is 28.4. The summed E-state index contributed by atoms with van der Waals surface area (Å²) in [6.07, 6.45) is 1.66. The Bertz CT molecular complexity index is 197. The zero-order valence-electron chi connectivity index (χ0n) is 9.73. The highest BCUT2D eigenvalue weighted by Gasteiger charge is 2.35. The van der Waals surface area contributed by atoms with Gasteiger partial charge in [-0.3, -0.25) is 5.41 Å². The molecule has 13 heavy (non-hydrogen) atoms. The number of hydrogen-bond donors (Lipinski definition) is 1. The maximum Gasteiger partial charge on any atom is 0.139 e. The molecule has 0 aromatic carbocycles. The van der Waals surface area contributed by atoms with Gasteiger partial charge < -0.3 is 4.23 Å². The molecule has 0 aromatic heterocycles. The molecule has 1 N–H and O–H groups in total. The predicted octanol–water partition coefficient (Wildman–Crippen LogP) is 3.12. The van der Waals surface area contributed by atoms with E-state index < -0.39 is 16.5 Å². The molecule has 0 saturated heterocycles. The second-order valence-electron chi connectivity index (χ2n) is 5.27. The first-order chi connectivity index (χ1) is 5.60. The monoisotopic (exact) mass is 214 g/mol. The Kier molecular flexibility index (Phi) is 3.69. The molecule has 0 atom stereocenters. The second-order valence-corrected chi connectivity index (χ2v) is 15.3. The lowest BCUT2D eigenvalue weighted by Crippen LogP contribution is -2.61. The molecule has 0 amide bonds. The minimum Gasteiger partial charge on any atom is -0.410 e. The third-order valence-corrected chi connectivity index (χ3v) is 8.97. The van der Waals surface area contributed by atoms with Crippen LogP contribution >= 0.6 is 0 Å². The molecule has 0 aliphatic heterocycles. The van der Waals surface area contributed by atoms with Crippen LogP contribution in [0, 0.1) is 5.41 Å². The van der Waals surface area contributed by atoms with Gasteiger partial charge in [-0.15, -0.1) is 0 Å². The molecule has 0 aliphatic rings. The lowest BCUT2D eigenvalue weighted by molar-refractivity contribution is 0.895. The summed E-state index contributed by atoms with van der Waals surface area (Å²) in [5, 5.41) is 7.88. The average Bonchev–Trinajstić information content (AvgIpc) is 1.80. The average molecular weight is 214 g/mol. The zero-order valence-corrected chi connectivity index (χ0v) is 11.7. The van der Waals surface area contributed by atoms with Crippen molar-refractivity contribution in [3.63, 3.8) is 0 Å². The summed E-state index contributed by atoms with van der Waals surface area (Å²) in [6.45, 7) is 17.4. The van der Waals surface area contributed by atoms with E-state index in [1.807, 2.05) is 0 Å². The first kappa shape index (κ1) is 12.6. The van der Waals surface area contributed by atoms with Crippen molar-refractivity contribution >= 4 is 22.3 Å². The second kappa shape index (κ2) is 3.80. The van der Waals surface area contributed by atoms with Crippen LogP contribution in [0.2, 0.25) is 39.3 Å². The summed E-state index contributed by atoms with van der Waals surface area (Å²) in [5.41, 5.74) is 0. The molecule has 0 aliphatic carbocycles. The maximum atomic E-state index is 7.88. The highest BCUT2D eigenvalue weighted by molar-refractivity contribution is 6.92. The van der Waals surface area contributed by atoms with E-state index in [4.69, 9.17) is 5.41 Å². The third kappa shape index (κ3) is 3.48. The van der Waals surface area contributed by atoms with Crippen LogP contribution in [0.4, 0.5) is 0 Å². The van der Waals surface area contributed by atoms with Gasteiger partial charge in [-0.05, 0) is 6.08 Å². The predicted molar refractivity (Wildman–Crippen MR) is 66.5 cm³/mol. The van der Waals surface area contributed by atoms with Crippen molar-refractivity contribution < 1.29 is 0 Å². The molecule has 0 unspecified atom stereocenters. The molecule has 4 heteroatoms. The summed E-state index contributed by atoms with van der Waals surface area (Å²) in [5.74, 6) is 0.610. The van der Waals surface area contributed by atoms with Crippen LogP contribution in [0.1, 0.15) is 0 Å². The van der Waals surface area contributed by atoms with Gasteiger partial charge in [0.15, 0.2) is 0 Å². The van der Waals surface area contributed by atoms with Gasteiger partial charge in [-0.25, -0.2) is 0 Å². The van der Waals surface area contributed by atoms with Gasteiger partial charge in [-0.2, -0.15) is 0 Å².